The van der Waals surface area contributed by atoms with E-state index in [-0.39, 0.29) is 23.4 Å². The number of rotatable bonds is 10. The van der Waals surface area contributed by atoms with Crippen LogP contribution in [0.25, 0.3) is 0 Å². The first kappa shape index (κ1) is 19.0. The van der Waals surface area contributed by atoms with Crippen molar-refractivity contribution in [2.75, 3.05) is 7.11 Å². The molecular formula is C18H27NO4. The van der Waals surface area contributed by atoms with Crippen LogP contribution in [0.4, 0.5) is 0 Å². The number of phenols is 1. The second-order valence-corrected chi connectivity index (χ2v) is 5.96. The number of methoxy groups -OCH3 is 1. The van der Waals surface area contributed by atoms with Crippen molar-refractivity contribution >= 4 is 11.7 Å². The smallest absolute Gasteiger partial charge is 0.220 e. The maximum absolute atomic E-state index is 11.8. The van der Waals surface area contributed by atoms with Crippen molar-refractivity contribution in [3.63, 3.8) is 0 Å². The summed E-state index contributed by atoms with van der Waals surface area (Å²) in [4.78, 5) is 23.3. The lowest BCUT2D eigenvalue weighted by atomic mass is 10.0. The van der Waals surface area contributed by atoms with E-state index in [0.717, 1.165) is 24.8 Å². The molecule has 0 spiro atoms. The van der Waals surface area contributed by atoms with Crippen LogP contribution >= 0.6 is 0 Å². The van der Waals surface area contributed by atoms with Crippen molar-refractivity contribution in [1.29, 1.82) is 0 Å². The average Bonchev–Trinajstić information content (AvgIpc) is 2.53. The number of hydrogen-bond donors (Lipinski definition) is 2. The third kappa shape index (κ3) is 7.17. The van der Waals surface area contributed by atoms with Gasteiger partial charge in [-0.3, -0.25) is 9.59 Å². The minimum Gasteiger partial charge on any atom is -0.504 e. The highest BCUT2D eigenvalue weighted by molar-refractivity contribution is 5.80. The number of benzene rings is 1. The maximum Gasteiger partial charge on any atom is 0.220 e. The van der Waals surface area contributed by atoms with E-state index < -0.39 is 0 Å². The molecule has 0 atom stereocenters. The van der Waals surface area contributed by atoms with Gasteiger partial charge in [0.15, 0.2) is 11.5 Å². The lowest BCUT2D eigenvalue weighted by molar-refractivity contribution is -0.122. The summed E-state index contributed by atoms with van der Waals surface area (Å²) in [6, 6.07) is 4.99. The predicted octanol–water partition coefficient (Wildman–Crippen LogP) is 3.19. The van der Waals surface area contributed by atoms with Gasteiger partial charge in [-0.15, -0.1) is 0 Å². The minimum absolute atomic E-state index is 0.00720. The van der Waals surface area contributed by atoms with Gasteiger partial charge in [0.05, 0.1) is 7.11 Å². The van der Waals surface area contributed by atoms with Crippen molar-refractivity contribution in [1.82, 2.24) is 5.32 Å². The minimum atomic E-state index is -0.00720. The number of carbonyl (C=O) groups excluding carboxylic acids is 2. The summed E-state index contributed by atoms with van der Waals surface area (Å²) < 4.78 is 5.03. The second-order valence-electron chi connectivity index (χ2n) is 5.96. The Balaban J connectivity index is 2.21. The quantitative estimate of drug-likeness (QED) is 0.649. The summed E-state index contributed by atoms with van der Waals surface area (Å²) in [6.45, 7) is 4.23. The molecule has 5 heteroatoms. The van der Waals surface area contributed by atoms with E-state index in [2.05, 4.69) is 5.32 Å². The molecule has 1 aromatic carbocycles. The first-order valence-electron chi connectivity index (χ1n) is 8.09. The standard InChI is InChI=1S/C18H27NO4/c1-13(2)15(20)7-5-4-6-8-18(22)19-12-14-9-10-16(21)17(11-14)23-3/h9-11,13,21H,4-8,12H2,1-3H3,(H,19,22). The molecule has 2 N–H and O–H groups in total. The van der Waals surface area contributed by atoms with Crippen molar-refractivity contribution in [2.24, 2.45) is 5.92 Å². The Labute approximate surface area is 138 Å². The molecule has 1 aromatic rings. The third-order valence-corrected chi connectivity index (χ3v) is 3.70. The lowest BCUT2D eigenvalue weighted by Gasteiger charge is -2.08. The molecule has 0 saturated carbocycles. The fraction of sp³-hybridized carbons (Fsp3) is 0.556. The van der Waals surface area contributed by atoms with Crippen molar-refractivity contribution in [3.05, 3.63) is 23.8 Å². The summed E-state index contributed by atoms with van der Waals surface area (Å²) in [6.07, 6.45) is 3.59. The number of phenolic OH excluding ortho intramolecular Hbond substituents is 1. The van der Waals surface area contributed by atoms with Crippen LogP contribution in [0, 0.1) is 5.92 Å². The molecule has 0 bridgehead atoms. The zero-order chi connectivity index (χ0) is 17.2. The molecule has 1 rings (SSSR count). The average molecular weight is 321 g/mol. The van der Waals surface area contributed by atoms with E-state index in [1.54, 1.807) is 18.2 Å². The third-order valence-electron chi connectivity index (χ3n) is 3.70. The fourth-order valence-electron chi connectivity index (χ4n) is 2.17. The molecule has 0 aromatic heterocycles. The molecule has 0 aliphatic heterocycles. The fourth-order valence-corrected chi connectivity index (χ4v) is 2.17. The maximum atomic E-state index is 11.8. The van der Waals surface area contributed by atoms with E-state index in [9.17, 15) is 14.7 Å². The van der Waals surface area contributed by atoms with E-state index in [0.29, 0.717) is 25.1 Å². The van der Waals surface area contributed by atoms with E-state index >= 15 is 0 Å². The Hall–Kier alpha value is -2.04. The Kier molecular flexibility index (Phi) is 8.16. The molecule has 23 heavy (non-hydrogen) atoms. The topological polar surface area (TPSA) is 75.6 Å². The molecule has 0 heterocycles. The summed E-state index contributed by atoms with van der Waals surface area (Å²) in [5.41, 5.74) is 0.871. The number of nitrogens with one attached hydrogen (secondary N) is 1. The van der Waals surface area contributed by atoms with Crippen molar-refractivity contribution in [2.45, 2.75) is 52.5 Å². The Morgan fingerprint density at radius 3 is 2.52 bits per heavy atom. The molecule has 0 aliphatic carbocycles. The number of ketones is 1. The Morgan fingerprint density at radius 1 is 1.17 bits per heavy atom. The summed E-state index contributed by atoms with van der Waals surface area (Å²) in [5.74, 6) is 0.855. The van der Waals surface area contributed by atoms with Gasteiger partial charge in [0.1, 0.15) is 5.78 Å². The largest absolute Gasteiger partial charge is 0.504 e. The molecule has 0 radical (unpaired) electrons. The van der Waals surface area contributed by atoms with Gasteiger partial charge < -0.3 is 15.2 Å². The number of amides is 1. The van der Waals surface area contributed by atoms with Gasteiger partial charge in [-0.25, -0.2) is 0 Å². The van der Waals surface area contributed by atoms with Gasteiger partial charge in [-0.2, -0.15) is 0 Å². The monoisotopic (exact) mass is 321 g/mol. The number of hydrogen-bond acceptors (Lipinski definition) is 4. The van der Waals surface area contributed by atoms with Crippen LogP contribution in [0.15, 0.2) is 18.2 Å². The number of carbonyl (C=O) groups is 2. The molecule has 0 aliphatic rings. The number of aromatic hydroxyl groups is 1. The van der Waals surface area contributed by atoms with E-state index in [4.69, 9.17) is 4.74 Å². The highest BCUT2D eigenvalue weighted by Crippen LogP contribution is 2.26. The van der Waals surface area contributed by atoms with Crippen LogP contribution < -0.4 is 10.1 Å². The highest BCUT2D eigenvalue weighted by atomic mass is 16.5. The van der Waals surface area contributed by atoms with Gasteiger partial charge in [-0.05, 0) is 30.5 Å². The summed E-state index contributed by atoms with van der Waals surface area (Å²) in [7, 11) is 1.49. The number of unbranched alkanes of at least 4 members (excludes halogenated alkanes) is 2. The molecule has 0 saturated heterocycles. The van der Waals surface area contributed by atoms with Gasteiger partial charge >= 0.3 is 0 Å². The summed E-state index contributed by atoms with van der Waals surface area (Å²) >= 11 is 0. The second kappa shape index (κ2) is 9.87. The van der Waals surface area contributed by atoms with Gasteiger partial charge in [-0.1, -0.05) is 26.3 Å². The zero-order valence-corrected chi connectivity index (χ0v) is 14.2. The van der Waals surface area contributed by atoms with E-state index in [1.165, 1.54) is 7.11 Å². The SMILES string of the molecule is COc1cc(CNC(=O)CCCCCC(=O)C(C)C)ccc1O. The van der Waals surface area contributed by atoms with Crippen LogP contribution in [-0.4, -0.2) is 23.9 Å². The van der Waals surface area contributed by atoms with Gasteiger partial charge in [0.2, 0.25) is 5.91 Å². The summed E-state index contributed by atoms with van der Waals surface area (Å²) in [5, 5.41) is 12.4. The number of Topliss-reactive ketones (excluding diaryl/α,β-unsaturated/α-hetero) is 1. The predicted molar refractivity (Wildman–Crippen MR) is 89.4 cm³/mol. The molecular weight excluding hydrogens is 294 g/mol. The highest BCUT2D eigenvalue weighted by Gasteiger charge is 2.07. The van der Waals surface area contributed by atoms with Crippen LogP contribution in [0.5, 0.6) is 11.5 Å². The Morgan fingerprint density at radius 2 is 1.87 bits per heavy atom. The molecule has 1 amide bonds. The van der Waals surface area contributed by atoms with Crippen LogP contribution in [0.1, 0.15) is 51.5 Å². The van der Waals surface area contributed by atoms with E-state index in [1.807, 2.05) is 13.8 Å². The zero-order valence-electron chi connectivity index (χ0n) is 14.2. The molecule has 0 fully saturated rings. The Bertz CT molecular complexity index is 526. The van der Waals surface area contributed by atoms with Gasteiger partial charge in [0, 0.05) is 25.3 Å². The normalized spacial score (nSPS) is 10.6. The molecule has 0 unspecified atom stereocenters. The van der Waals surface area contributed by atoms with Crippen LogP contribution in [0.2, 0.25) is 0 Å². The molecule has 128 valence electrons. The molecule has 5 nitrogen and oxygen atoms in total. The van der Waals surface area contributed by atoms with Crippen molar-refractivity contribution < 1.29 is 19.4 Å². The first-order valence-corrected chi connectivity index (χ1v) is 8.09. The van der Waals surface area contributed by atoms with Crippen LogP contribution in [0.3, 0.4) is 0 Å². The lowest BCUT2D eigenvalue weighted by Crippen LogP contribution is -2.22. The first-order chi connectivity index (χ1) is 10.9. The van der Waals surface area contributed by atoms with Crippen molar-refractivity contribution in [3.8, 4) is 11.5 Å². The van der Waals surface area contributed by atoms with Crippen LogP contribution in [-0.2, 0) is 16.1 Å². The number of ether oxygens (including phenoxy) is 1. The van der Waals surface area contributed by atoms with Gasteiger partial charge in [0.25, 0.3) is 0 Å².